The summed E-state index contributed by atoms with van der Waals surface area (Å²) in [5.41, 5.74) is -0.292. The van der Waals surface area contributed by atoms with Crippen molar-refractivity contribution in [3.05, 3.63) is 73.6 Å². The molecule has 0 saturated heterocycles. The second-order valence-electron chi connectivity index (χ2n) is 8.21. The van der Waals surface area contributed by atoms with Gasteiger partial charge in [-0.25, -0.2) is 14.3 Å². The molecule has 0 radical (unpaired) electrons. The van der Waals surface area contributed by atoms with Gasteiger partial charge in [-0.3, -0.25) is 9.36 Å². The van der Waals surface area contributed by atoms with E-state index in [1.54, 1.807) is 12.1 Å². The Morgan fingerprint density at radius 1 is 1.13 bits per heavy atom. The van der Waals surface area contributed by atoms with Crippen molar-refractivity contribution in [1.29, 1.82) is 0 Å². The van der Waals surface area contributed by atoms with Gasteiger partial charge in [0.1, 0.15) is 6.54 Å². The maximum atomic E-state index is 13.0. The average Bonchev–Trinajstić information content (AvgIpc) is 3.13. The van der Waals surface area contributed by atoms with E-state index < -0.39 is 49.4 Å². The minimum absolute atomic E-state index is 0.0798. The number of nitrogens with zero attached hydrogens (tertiary/aromatic N) is 4. The molecule has 0 saturated carbocycles. The number of carboxylic acid groups (broad SMARTS) is 1. The van der Waals surface area contributed by atoms with E-state index in [1.807, 2.05) is 0 Å². The van der Waals surface area contributed by atoms with Crippen molar-refractivity contribution in [3.63, 3.8) is 0 Å². The molecular weight excluding hydrogens is 574 g/mol. The van der Waals surface area contributed by atoms with Gasteiger partial charge in [0.05, 0.1) is 22.5 Å². The lowest BCUT2D eigenvalue weighted by molar-refractivity contribution is -0.136. The summed E-state index contributed by atoms with van der Waals surface area (Å²) in [6.45, 7) is -1.60. The molecule has 2 aromatic carbocycles. The molecule has 9 nitrogen and oxygen atoms in total. The summed E-state index contributed by atoms with van der Waals surface area (Å²) in [7, 11) is 1.28. The molecule has 3 rings (SSSR count). The van der Waals surface area contributed by atoms with Crippen molar-refractivity contribution in [1.82, 2.24) is 24.6 Å². The molecular formula is C23H21Cl3F3N5O4. The van der Waals surface area contributed by atoms with Crippen molar-refractivity contribution in [3.8, 4) is 11.4 Å². The molecule has 0 aliphatic heterocycles. The summed E-state index contributed by atoms with van der Waals surface area (Å²) in [5, 5.41) is 16.6. The zero-order valence-corrected chi connectivity index (χ0v) is 21.9. The van der Waals surface area contributed by atoms with E-state index in [0.717, 1.165) is 14.1 Å². The van der Waals surface area contributed by atoms with E-state index in [-0.39, 0.29) is 22.4 Å². The number of halogens is 6. The molecule has 0 bridgehead atoms. The van der Waals surface area contributed by atoms with E-state index in [1.165, 1.54) is 37.4 Å². The molecule has 1 atom stereocenters. The van der Waals surface area contributed by atoms with Crippen molar-refractivity contribution in [2.75, 3.05) is 13.6 Å². The Kier molecular flexibility index (Phi) is 9.34. The lowest BCUT2D eigenvalue weighted by Crippen LogP contribution is -2.41. The van der Waals surface area contributed by atoms with Crippen LogP contribution in [0.2, 0.25) is 15.1 Å². The first-order valence-electron chi connectivity index (χ1n) is 10.9. The van der Waals surface area contributed by atoms with Crippen LogP contribution in [0.1, 0.15) is 18.0 Å². The van der Waals surface area contributed by atoms with Crippen molar-refractivity contribution in [2.24, 2.45) is 0 Å². The Morgan fingerprint density at radius 3 is 2.39 bits per heavy atom. The second-order valence-corrected chi connectivity index (χ2v) is 9.44. The Labute approximate surface area is 229 Å². The molecule has 0 aliphatic carbocycles. The standard InChI is InChI=1S/C23H21Cl3F3N5O4/c1-32(22(37)38)11-17(15-3-2-4-16(25)19(15)26)30-18(35)12-34-21(36)33(10-9-23(27,28)29)20(31-34)13-5-7-14(24)8-6-13/h2-8,17H,9-12H2,1H3,(H,30,35)(H,37,38). The topological polar surface area (TPSA) is 109 Å². The normalized spacial score (nSPS) is 12.3. The predicted molar refractivity (Wildman–Crippen MR) is 136 cm³/mol. The lowest BCUT2D eigenvalue weighted by Gasteiger charge is -2.24. The Balaban J connectivity index is 1.92. The highest BCUT2D eigenvalue weighted by Gasteiger charge is 2.29. The Bertz CT molecular complexity index is 1380. The van der Waals surface area contributed by atoms with Crippen LogP contribution in [-0.2, 0) is 17.9 Å². The number of nitrogens with one attached hydrogen (secondary N) is 1. The van der Waals surface area contributed by atoms with E-state index in [2.05, 4.69) is 10.4 Å². The predicted octanol–water partition coefficient (Wildman–Crippen LogP) is 5.09. The quantitative estimate of drug-likeness (QED) is 0.359. The van der Waals surface area contributed by atoms with Gasteiger partial charge in [-0.15, -0.1) is 5.10 Å². The van der Waals surface area contributed by atoms with E-state index >= 15 is 0 Å². The van der Waals surface area contributed by atoms with Gasteiger partial charge in [0.25, 0.3) is 0 Å². The number of carbonyl (C=O) groups is 2. The minimum Gasteiger partial charge on any atom is -0.465 e. The fraction of sp³-hybridized carbons (Fsp3) is 0.304. The van der Waals surface area contributed by atoms with Gasteiger partial charge in [0, 0.05) is 30.7 Å². The van der Waals surface area contributed by atoms with Gasteiger partial charge in [0.15, 0.2) is 5.82 Å². The fourth-order valence-electron chi connectivity index (χ4n) is 3.54. The first kappa shape index (κ1) is 29.3. The fourth-order valence-corrected chi connectivity index (χ4v) is 4.10. The molecule has 0 spiro atoms. The van der Waals surface area contributed by atoms with Gasteiger partial charge in [-0.1, -0.05) is 46.9 Å². The van der Waals surface area contributed by atoms with Crippen LogP contribution >= 0.6 is 34.8 Å². The molecule has 38 heavy (non-hydrogen) atoms. The van der Waals surface area contributed by atoms with Crippen LogP contribution in [0.4, 0.5) is 18.0 Å². The maximum absolute atomic E-state index is 13.0. The molecule has 3 aromatic rings. The Morgan fingerprint density at radius 2 is 1.79 bits per heavy atom. The highest BCUT2D eigenvalue weighted by atomic mass is 35.5. The maximum Gasteiger partial charge on any atom is 0.407 e. The molecule has 2 N–H and O–H groups in total. The third kappa shape index (κ3) is 7.42. The third-order valence-electron chi connectivity index (χ3n) is 5.41. The molecule has 1 aromatic heterocycles. The zero-order chi connectivity index (χ0) is 28.2. The largest absolute Gasteiger partial charge is 0.465 e. The SMILES string of the molecule is CN(CC(NC(=O)Cn1nc(-c2ccc(Cl)cc2)n(CCC(F)(F)F)c1=O)c1cccc(Cl)c1Cl)C(=O)O. The first-order chi connectivity index (χ1) is 17.8. The number of carbonyl (C=O) groups excluding carboxylic acids is 1. The van der Waals surface area contributed by atoms with Gasteiger partial charge in [-0.05, 0) is 35.9 Å². The van der Waals surface area contributed by atoms with Crippen LogP contribution in [0, 0.1) is 0 Å². The molecule has 15 heteroatoms. The molecule has 1 heterocycles. The number of aromatic nitrogens is 3. The van der Waals surface area contributed by atoms with Crippen LogP contribution in [-0.4, -0.2) is 56.1 Å². The summed E-state index contributed by atoms with van der Waals surface area (Å²) in [5.74, 6) is -0.848. The van der Waals surface area contributed by atoms with Crippen LogP contribution in [0.15, 0.2) is 47.3 Å². The van der Waals surface area contributed by atoms with E-state index in [4.69, 9.17) is 34.8 Å². The third-order valence-corrected chi connectivity index (χ3v) is 6.50. The number of hydrogen-bond donors (Lipinski definition) is 2. The first-order valence-corrected chi connectivity index (χ1v) is 12.1. The molecule has 0 fully saturated rings. The summed E-state index contributed by atoms with van der Waals surface area (Å²) in [6.07, 6.45) is -7.09. The number of rotatable bonds is 9. The summed E-state index contributed by atoms with van der Waals surface area (Å²) < 4.78 is 40.3. The smallest absolute Gasteiger partial charge is 0.407 e. The van der Waals surface area contributed by atoms with Crippen molar-refractivity contribution >= 4 is 46.8 Å². The molecule has 2 amide bonds. The summed E-state index contributed by atoms with van der Waals surface area (Å²) >= 11 is 18.2. The van der Waals surface area contributed by atoms with Crippen molar-refractivity contribution in [2.45, 2.75) is 31.7 Å². The van der Waals surface area contributed by atoms with Crippen LogP contribution < -0.4 is 11.0 Å². The van der Waals surface area contributed by atoms with E-state index in [9.17, 15) is 32.7 Å². The average molecular weight is 595 g/mol. The summed E-state index contributed by atoms with van der Waals surface area (Å²) in [4.78, 5) is 38.2. The highest BCUT2D eigenvalue weighted by Crippen LogP contribution is 2.30. The second kappa shape index (κ2) is 12.1. The highest BCUT2D eigenvalue weighted by molar-refractivity contribution is 6.42. The van der Waals surface area contributed by atoms with Crippen LogP contribution in [0.25, 0.3) is 11.4 Å². The number of alkyl halides is 3. The number of hydrogen-bond acceptors (Lipinski definition) is 4. The van der Waals surface area contributed by atoms with Gasteiger partial charge >= 0.3 is 18.0 Å². The molecule has 1 unspecified atom stereocenters. The monoisotopic (exact) mass is 593 g/mol. The lowest BCUT2D eigenvalue weighted by atomic mass is 10.1. The van der Waals surface area contributed by atoms with Gasteiger partial charge in [0.2, 0.25) is 5.91 Å². The number of amides is 2. The Hall–Kier alpha value is -3.22. The minimum atomic E-state index is -4.53. The summed E-state index contributed by atoms with van der Waals surface area (Å²) in [6, 6.07) is 9.60. The van der Waals surface area contributed by atoms with Crippen molar-refractivity contribution < 1.29 is 27.9 Å². The van der Waals surface area contributed by atoms with E-state index in [0.29, 0.717) is 16.1 Å². The van der Waals surface area contributed by atoms with Gasteiger partial charge < -0.3 is 15.3 Å². The number of likely N-dealkylation sites (N-methyl/N-ethyl adjacent to an activating group) is 1. The molecule has 0 aliphatic rings. The molecule has 204 valence electrons. The van der Waals surface area contributed by atoms with Crippen LogP contribution in [0.3, 0.4) is 0 Å². The zero-order valence-electron chi connectivity index (χ0n) is 19.7. The number of benzene rings is 2. The van der Waals surface area contributed by atoms with Crippen LogP contribution in [0.5, 0.6) is 0 Å². The van der Waals surface area contributed by atoms with Gasteiger partial charge in [-0.2, -0.15) is 13.2 Å².